The second-order valence-electron chi connectivity index (χ2n) is 4.49. The Morgan fingerprint density at radius 2 is 2.12 bits per heavy atom. The maximum atomic E-state index is 9.01. The van der Waals surface area contributed by atoms with Crippen molar-refractivity contribution in [3.63, 3.8) is 0 Å². The van der Waals surface area contributed by atoms with Crippen LogP contribution in [0, 0.1) is 25.2 Å². The van der Waals surface area contributed by atoms with Crippen molar-refractivity contribution in [1.82, 2.24) is 5.32 Å². The molecule has 0 spiro atoms. The van der Waals surface area contributed by atoms with Crippen LogP contribution in [0.15, 0.2) is 18.2 Å². The standard InChI is InChI=1S/C14H20N2O/c1-11-6-5-7-13(12(11)2)17-9-8-14(3,10-15)16-4/h5-7,16H,8-9H2,1-4H3. The minimum Gasteiger partial charge on any atom is -0.493 e. The van der Waals surface area contributed by atoms with E-state index in [2.05, 4.69) is 24.4 Å². The number of hydrogen-bond acceptors (Lipinski definition) is 3. The molecule has 1 N–H and O–H groups in total. The highest BCUT2D eigenvalue weighted by atomic mass is 16.5. The molecule has 3 nitrogen and oxygen atoms in total. The third-order valence-corrected chi connectivity index (χ3v) is 3.21. The van der Waals surface area contributed by atoms with Gasteiger partial charge in [0.2, 0.25) is 0 Å². The van der Waals surface area contributed by atoms with Crippen molar-refractivity contribution in [1.29, 1.82) is 5.26 Å². The molecule has 17 heavy (non-hydrogen) atoms. The molecule has 1 atom stereocenters. The van der Waals surface area contributed by atoms with Crippen LogP contribution < -0.4 is 10.1 Å². The lowest BCUT2D eigenvalue weighted by Gasteiger charge is -2.21. The van der Waals surface area contributed by atoms with Crippen molar-refractivity contribution in [2.45, 2.75) is 32.7 Å². The Hall–Kier alpha value is -1.53. The number of nitrogens with one attached hydrogen (secondary N) is 1. The van der Waals surface area contributed by atoms with Gasteiger partial charge in [0.15, 0.2) is 0 Å². The molecule has 0 bridgehead atoms. The molecule has 0 fully saturated rings. The molecule has 92 valence electrons. The number of ether oxygens (including phenoxy) is 1. The summed E-state index contributed by atoms with van der Waals surface area (Å²) in [5.41, 5.74) is 1.87. The van der Waals surface area contributed by atoms with Crippen molar-refractivity contribution in [2.24, 2.45) is 0 Å². The summed E-state index contributed by atoms with van der Waals surface area (Å²) in [7, 11) is 1.79. The van der Waals surface area contributed by atoms with E-state index in [-0.39, 0.29) is 0 Å². The number of rotatable bonds is 5. The minimum atomic E-state index is -0.516. The maximum Gasteiger partial charge on any atom is 0.122 e. The summed E-state index contributed by atoms with van der Waals surface area (Å²) in [5.74, 6) is 0.904. The lowest BCUT2D eigenvalue weighted by atomic mass is 10.0. The Kier molecular flexibility index (Phi) is 4.53. The quantitative estimate of drug-likeness (QED) is 0.848. The number of aryl methyl sites for hydroxylation is 1. The molecule has 0 amide bonds. The van der Waals surface area contributed by atoms with Gasteiger partial charge in [-0.3, -0.25) is 0 Å². The second kappa shape index (κ2) is 5.70. The van der Waals surface area contributed by atoms with Gasteiger partial charge in [-0.15, -0.1) is 0 Å². The molecule has 1 rings (SSSR count). The topological polar surface area (TPSA) is 45.0 Å². The van der Waals surface area contributed by atoms with E-state index in [1.54, 1.807) is 7.05 Å². The SMILES string of the molecule is CNC(C)(C#N)CCOc1cccc(C)c1C. The zero-order valence-electron chi connectivity index (χ0n) is 11.0. The average molecular weight is 232 g/mol. The van der Waals surface area contributed by atoms with Gasteiger partial charge >= 0.3 is 0 Å². The largest absolute Gasteiger partial charge is 0.493 e. The van der Waals surface area contributed by atoms with Gasteiger partial charge in [-0.2, -0.15) is 5.26 Å². The van der Waals surface area contributed by atoms with Crippen LogP contribution in [-0.4, -0.2) is 19.2 Å². The van der Waals surface area contributed by atoms with E-state index in [4.69, 9.17) is 10.00 Å². The van der Waals surface area contributed by atoms with Crippen LogP contribution in [0.4, 0.5) is 0 Å². The third-order valence-electron chi connectivity index (χ3n) is 3.21. The number of nitrogens with zero attached hydrogens (tertiary/aromatic N) is 1. The zero-order chi connectivity index (χ0) is 12.9. The summed E-state index contributed by atoms with van der Waals surface area (Å²) in [6, 6.07) is 8.26. The van der Waals surface area contributed by atoms with Crippen LogP contribution in [-0.2, 0) is 0 Å². The van der Waals surface area contributed by atoms with Crippen molar-refractivity contribution in [2.75, 3.05) is 13.7 Å². The maximum absolute atomic E-state index is 9.01. The fourth-order valence-corrected chi connectivity index (χ4v) is 1.48. The van der Waals surface area contributed by atoms with Crippen LogP contribution in [0.5, 0.6) is 5.75 Å². The summed E-state index contributed by atoms with van der Waals surface area (Å²) in [5, 5.41) is 12.0. The van der Waals surface area contributed by atoms with Crippen LogP contribution >= 0.6 is 0 Å². The Balaban J connectivity index is 2.58. The smallest absolute Gasteiger partial charge is 0.122 e. The molecule has 1 unspecified atom stereocenters. The summed E-state index contributed by atoms with van der Waals surface area (Å²) in [6.07, 6.45) is 0.660. The normalized spacial score (nSPS) is 13.8. The van der Waals surface area contributed by atoms with E-state index in [9.17, 15) is 0 Å². The molecule has 0 heterocycles. The molecular weight excluding hydrogens is 212 g/mol. The van der Waals surface area contributed by atoms with E-state index in [0.29, 0.717) is 13.0 Å². The van der Waals surface area contributed by atoms with Crippen molar-refractivity contribution >= 4 is 0 Å². The Labute approximate surface area is 103 Å². The van der Waals surface area contributed by atoms with Crippen molar-refractivity contribution < 1.29 is 4.74 Å². The molecule has 0 radical (unpaired) electrons. The fraction of sp³-hybridized carbons (Fsp3) is 0.500. The molecule has 0 aromatic heterocycles. The first-order chi connectivity index (χ1) is 8.02. The van der Waals surface area contributed by atoms with Crippen LogP contribution in [0.25, 0.3) is 0 Å². The van der Waals surface area contributed by atoms with E-state index < -0.39 is 5.54 Å². The number of hydrogen-bond donors (Lipinski definition) is 1. The van der Waals surface area contributed by atoms with Gasteiger partial charge in [-0.05, 0) is 45.0 Å². The Bertz CT molecular complexity index is 423. The molecule has 3 heteroatoms. The summed E-state index contributed by atoms with van der Waals surface area (Å²) in [6.45, 7) is 6.52. The fourth-order valence-electron chi connectivity index (χ4n) is 1.48. The first-order valence-electron chi connectivity index (χ1n) is 5.81. The van der Waals surface area contributed by atoms with E-state index in [1.165, 1.54) is 5.56 Å². The van der Waals surface area contributed by atoms with Gasteiger partial charge in [0.1, 0.15) is 11.3 Å². The van der Waals surface area contributed by atoms with Crippen LogP contribution in [0.1, 0.15) is 24.5 Å². The van der Waals surface area contributed by atoms with Crippen LogP contribution in [0.2, 0.25) is 0 Å². The minimum absolute atomic E-state index is 0.516. The predicted octanol–water partition coefficient (Wildman–Crippen LogP) is 2.57. The highest BCUT2D eigenvalue weighted by Gasteiger charge is 2.20. The summed E-state index contributed by atoms with van der Waals surface area (Å²) in [4.78, 5) is 0. The van der Waals surface area contributed by atoms with Crippen molar-refractivity contribution in [3.05, 3.63) is 29.3 Å². The van der Waals surface area contributed by atoms with Crippen molar-refractivity contribution in [3.8, 4) is 11.8 Å². The first kappa shape index (κ1) is 13.5. The van der Waals surface area contributed by atoms with Gasteiger partial charge in [0.25, 0.3) is 0 Å². The van der Waals surface area contributed by atoms with E-state index >= 15 is 0 Å². The molecule has 1 aromatic rings. The predicted molar refractivity (Wildman–Crippen MR) is 69.1 cm³/mol. The Morgan fingerprint density at radius 1 is 1.41 bits per heavy atom. The van der Waals surface area contributed by atoms with Crippen LogP contribution in [0.3, 0.4) is 0 Å². The molecular formula is C14H20N2O. The van der Waals surface area contributed by atoms with Gasteiger partial charge in [0, 0.05) is 6.42 Å². The summed E-state index contributed by atoms with van der Waals surface area (Å²) >= 11 is 0. The van der Waals surface area contributed by atoms with Gasteiger partial charge in [-0.25, -0.2) is 0 Å². The lowest BCUT2D eigenvalue weighted by Crippen LogP contribution is -2.39. The highest BCUT2D eigenvalue weighted by molar-refractivity contribution is 5.38. The summed E-state index contributed by atoms with van der Waals surface area (Å²) < 4.78 is 5.73. The first-order valence-corrected chi connectivity index (χ1v) is 5.81. The number of nitriles is 1. The highest BCUT2D eigenvalue weighted by Crippen LogP contribution is 2.21. The lowest BCUT2D eigenvalue weighted by molar-refractivity contribution is 0.271. The molecule has 1 aromatic carbocycles. The molecule has 0 aliphatic heterocycles. The Morgan fingerprint density at radius 3 is 2.71 bits per heavy atom. The van der Waals surface area contributed by atoms with Gasteiger partial charge < -0.3 is 10.1 Å². The molecule has 0 aliphatic rings. The second-order valence-corrected chi connectivity index (χ2v) is 4.49. The zero-order valence-corrected chi connectivity index (χ0v) is 11.0. The van der Waals surface area contributed by atoms with E-state index in [1.807, 2.05) is 26.0 Å². The molecule has 0 saturated carbocycles. The average Bonchev–Trinajstić information content (AvgIpc) is 2.34. The van der Waals surface area contributed by atoms with E-state index in [0.717, 1.165) is 11.3 Å². The monoisotopic (exact) mass is 232 g/mol. The van der Waals surface area contributed by atoms with Gasteiger partial charge in [-0.1, -0.05) is 12.1 Å². The third kappa shape index (κ3) is 3.47. The molecule has 0 saturated heterocycles. The van der Waals surface area contributed by atoms with Gasteiger partial charge in [0.05, 0.1) is 12.7 Å². The molecule has 0 aliphatic carbocycles. The number of benzene rings is 1.